The van der Waals surface area contributed by atoms with Gasteiger partial charge in [0.1, 0.15) is 24.2 Å². The maximum atomic E-state index is 9.99. The molecule has 3 aromatic rings. The third-order valence-electron chi connectivity index (χ3n) is 3.45. The van der Waals surface area contributed by atoms with E-state index in [9.17, 15) is 5.11 Å². The van der Waals surface area contributed by atoms with Crippen LogP contribution >= 0.6 is 0 Å². The summed E-state index contributed by atoms with van der Waals surface area (Å²) >= 11 is 0. The lowest BCUT2D eigenvalue weighted by Gasteiger charge is -2.13. The summed E-state index contributed by atoms with van der Waals surface area (Å²) in [5.41, 5.74) is 2.13. The smallest absolute Gasteiger partial charge is 0.128 e. The third kappa shape index (κ3) is 3.50. The van der Waals surface area contributed by atoms with E-state index < -0.39 is 6.10 Å². The SMILES string of the molecule is Cc1cc2c(OC[C@H](O)CNCc3ccco3)cccc2[nH]1. The van der Waals surface area contributed by atoms with Gasteiger partial charge in [-0.3, -0.25) is 0 Å². The fourth-order valence-electron chi connectivity index (χ4n) is 2.41. The molecule has 116 valence electrons. The maximum Gasteiger partial charge on any atom is 0.128 e. The van der Waals surface area contributed by atoms with Gasteiger partial charge in [0.15, 0.2) is 0 Å². The van der Waals surface area contributed by atoms with Crippen molar-refractivity contribution in [3.8, 4) is 5.75 Å². The minimum absolute atomic E-state index is 0.245. The number of aromatic nitrogens is 1. The summed E-state index contributed by atoms with van der Waals surface area (Å²) in [4.78, 5) is 3.27. The second kappa shape index (κ2) is 6.68. The highest BCUT2D eigenvalue weighted by Crippen LogP contribution is 2.26. The highest BCUT2D eigenvalue weighted by molar-refractivity contribution is 5.86. The Morgan fingerprint density at radius 3 is 3.05 bits per heavy atom. The van der Waals surface area contributed by atoms with E-state index in [0.29, 0.717) is 13.1 Å². The van der Waals surface area contributed by atoms with Gasteiger partial charge in [0, 0.05) is 23.1 Å². The Hall–Kier alpha value is -2.24. The van der Waals surface area contributed by atoms with Gasteiger partial charge in [-0.05, 0) is 37.3 Å². The second-order valence-electron chi connectivity index (χ2n) is 5.34. The van der Waals surface area contributed by atoms with Crippen LogP contribution in [0.3, 0.4) is 0 Å². The molecule has 0 bridgehead atoms. The predicted molar refractivity (Wildman–Crippen MR) is 85.0 cm³/mol. The number of furan rings is 1. The molecule has 0 aliphatic rings. The Morgan fingerprint density at radius 2 is 2.23 bits per heavy atom. The molecule has 2 aromatic heterocycles. The van der Waals surface area contributed by atoms with Crippen LogP contribution in [0, 0.1) is 6.92 Å². The predicted octanol–water partition coefficient (Wildman–Crippen LogP) is 2.60. The average molecular weight is 300 g/mol. The fraction of sp³-hybridized carbons (Fsp3) is 0.294. The monoisotopic (exact) mass is 300 g/mol. The van der Waals surface area contributed by atoms with Crippen LogP contribution in [0.5, 0.6) is 5.75 Å². The van der Waals surface area contributed by atoms with E-state index in [0.717, 1.165) is 28.1 Å². The lowest BCUT2D eigenvalue weighted by molar-refractivity contribution is 0.106. The van der Waals surface area contributed by atoms with Crippen molar-refractivity contribution in [2.75, 3.05) is 13.2 Å². The van der Waals surface area contributed by atoms with Gasteiger partial charge in [-0.1, -0.05) is 6.07 Å². The van der Waals surface area contributed by atoms with E-state index in [1.807, 2.05) is 43.3 Å². The Balaban J connectivity index is 1.50. The van der Waals surface area contributed by atoms with Crippen LogP contribution in [0.1, 0.15) is 11.5 Å². The molecule has 2 heterocycles. The molecule has 0 fully saturated rings. The van der Waals surface area contributed by atoms with E-state index >= 15 is 0 Å². The first-order valence-electron chi connectivity index (χ1n) is 7.34. The normalized spacial score (nSPS) is 12.6. The number of hydrogen-bond acceptors (Lipinski definition) is 4. The second-order valence-corrected chi connectivity index (χ2v) is 5.34. The van der Waals surface area contributed by atoms with E-state index in [-0.39, 0.29) is 6.61 Å². The Kier molecular flexibility index (Phi) is 4.46. The van der Waals surface area contributed by atoms with Gasteiger partial charge in [0.05, 0.1) is 12.8 Å². The number of fused-ring (bicyclic) bond motifs is 1. The molecule has 0 aliphatic heterocycles. The molecule has 0 unspecified atom stereocenters. The van der Waals surface area contributed by atoms with Crippen molar-refractivity contribution in [3.63, 3.8) is 0 Å². The number of aryl methyl sites for hydroxylation is 1. The van der Waals surface area contributed by atoms with E-state index in [2.05, 4.69) is 10.3 Å². The molecule has 0 spiro atoms. The molecular formula is C17H20N2O3. The van der Waals surface area contributed by atoms with Gasteiger partial charge in [-0.25, -0.2) is 0 Å². The van der Waals surface area contributed by atoms with E-state index in [1.165, 1.54) is 0 Å². The maximum absolute atomic E-state index is 9.99. The summed E-state index contributed by atoms with van der Waals surface area (Å²) in [6.45, 7) is 3.30. The summed E-state index contributed by atoms with van der Waals surface area (Å²) in [7, 11) is 0. The molecule has 0 saturated carbocycles. The third-order valence-corrected chi connectivity index (χ3v) is 3.45. The fourth-order valence-corrected chi connectivity index (χ4v) is 2.41. The molecule has 3 N–H and O–H groups in total. The number of aromatic amines is 1. The molecule has 1 aromatic carbocycles. The van der Waals surface area contributed by atoms with Gasteiger partial charge < -0.3 is 24.6 Å². The molecule has 3 rings (SSSR count). The molecule has 0 amide bonds. The van der Waals surface area contributed by atoms with Crippen LogP contribution in [0.4, 0.5) is 0 Å². The average Bonchev–Trinajstić information content (AvgIpc) is 3.13. The van der Waals surface area contributed by atoms with Crippen LogP contribution < -0.4 is 10.1 Å². The topological polar surface area (TPSA) is 70.4 Å². The minimum atomic E-state index is -0.578. The standard InChI is InChI=1S/C17H20N2O3/c1-12-8-15-16(19-12)5-2-6-17(15)22-11-13(20)9-18-10-14-4-3-7-21-14/h2-8,13,18-20H,9-11H2,1H3/t13-/m1/s1. The van der Waals surface area contributed by atoms with Crippen LogP contribution in [-0.2, 0) is 6.54 Å². The minimum Gasteiger partial charge on any atom is -0.490 e. The molecule has 5 nitrogen and oxygen atoms in total. The van der Waals surface area contributed by atoms with Gasteiger partial charge in [-0.15, -0.1) is 0 Å². The summed E-state index contributed by atoms with van der Waals surface area (Å²) in [5, 5.41) is 14.2. The Morgan fingerprint density at radius 1 is 1.32 bits per heavy atom. The van der Waals surface area contributed by atoms with Crippen molar-refractivity contribution in [1.29, 1.82) is 0 Å². The first kappa shape index (κ1) is 14.7. The number of ether oxygens (including phenoxy) is 1. The summed E-state index contributed by atoms with van der Waals surface area (Å²) < 4.78 is 11.0. The van der Waals surface area contributed by atoms with Gasteiger partial charge in [-0.2, -0.15) is 0 Å². The molecular weight excluding hydrogens is 280 g/mol. The number of benzene rings is 1. The lowest BCUT2D eigenvalue weighted by Crippen LogP contribution is -2.31. The van der Waals surface area contributed by atoms with Gasteiger partial charge >= 0.3 is 0 Å². The number of hydrogen-bond donors (Lipinski definition) is 3. The Labute approximate surface area is 128 Å². The first-order chi connectivity index (χ1) is 10.7. The Bertz CT molecular complexity index is 719. The zero-order chi connectivity index (χ0) is 15.4. The quantitative estimate of drug-likeness (QED) is 0.627. The van der Waals surface area contributed by atoms with Crippen molar-refractivity contribution >= 4 is 10.9 Å². The van der Waals surface area contributed by atoms with Crippen molar-refractivity contribution in [3.05, 3.63) is 54.1 Å². The summed E-state index contributed by atoms with van der Waals surface area (Å²) in [5.74, 6) is 1.63. The first-order valence-corrected chi connectivity index (χ1v) is 7.34. The molecule has 22 heavy (non-hydrogen) atoms. The van der Waals surface area contributed by atoms with Crippen LogP contribution in [0.15, 0.2) is 47.1 Å². The van der Waals surface area contributed by atoms with Crippen molar-refractivity contribution in [1.82, 2.24) is 10.3 Å². The molecule has 0 saturated heterocycles. The lowest BCUT2D eigenvalue weighted by atomic mass is 10.2. The molecule has 0 radical (unpaired) electrons. The van der Waals surface area contributed by atoms with Crippen LogP contribution in [-0.4, -0.2) is 29.3 Å². The molecule has 0 aliphatic carbocycles. The van der Waals surface area contributed by atoms with Crippen molar-refractivity contribution in [2.45, 2.75) is 19.6 Å². The largest absolute Gasteiger partial charge is 0.490 e. The number of nitrogens with one attached hydrogen (secondary N) is 2. The van der Waals surface area contributed by atoms with Gasteiger partial charge in [0.25, 0.3) is 0 Å². The highest BCUT2D eigenvalue weighted by atomic mass is 16.5. The van der Waals surface area contributed by atoms with Crippen LogP contribution in [0.25, 0.3) is 10.9 Å². The number of aliphatic hydroxyl groups is 1. The summed E-state index contributed by atoms with van der Waals surface area (Å²) in [6.07, 6.45) is 1.06. The molecule has 5 heteroatoms. The molecule has 1 atom stereocenters. The number of aliphatic hydroxyl groups excluding tert-OH is 1. The summed E-state index contributed by atoms with van der Waals surface area (Å²) in [6, 6.07) is 11.7. The van der Waals surface area contributed by atoms with Crippen molar-refractivity contribution < 1.29 is 14.3 Å². The zero-order valence-electron chi connectivity index (χ0n) is 12.5. The van der Waals surface area contributed by atoms with Gasteiger partial charge in [0.2, 0.25) is 0 Å². The van der Waals surface area contributed by atoms with E-state index in [4.69, 9.17) is 9.15 Å². The zero-order valence-corrected chi connectivity index (χ0v) is 12.5. The number of H-pyrrole nitrogens is 1. The number of rotatable bonds is 7. The van der Waals surface area contributed by atoms with E-state index in [1.54, 1.807) is 6.26 Å². The van der Waals surface area contributed by atoms with Crippen molar-refractivity contribution in [2.24, 2.45) is 0 Å². The highest BCUT2D eigenvalue weighted by Gasteiger charge is 2.09. The van der Waals surface area contributed by atoms with Crippen LogP contribution in [0.2, 0.25) is 0 Å².